The summed E-state index contributed by atoms with van der Waals surface area (Å²) in [5.74, 6) is -1.90. The van der Waals surface area contributed by atoms with Crippen molar-refractivity contribution in [1.82, 2.24) is 0 Å². The van der Waals surface area contributed by atoms with Crippen LogP contribution in [0.4, 0.5) is 5.69 Å². The molecule has 0 radical (unpaired) electrons. The van der Waals surface area contributed by atoms with Crippen molar-refractivity contribution in [3.63, 3.8) is 0 Å². The molecule has 144 valence electrons. The normalized spacial score (nSPS) is 10.7. The molecular weight excluding hydrogens is 390 g/mol. The zero-order chi connectivity index (χ0) is 20.8. The number of amides is 1. The van der Waals surface area contributed by atoms with Crippen molar-refractivity contribution < 1.29 is 19.5 Å². The van der Waals surface area contributed by atoms with E-state index in [1.54, 1.807) is 66.7 Å². The standard InChI is InChI=1S/C23H16ClNO4/c24-17-10-5-15(6-11-17)7-14-21(26)16-8-12-18(13-9-16)25-22(27)19-3-1-2-4-20(19)23(28)29/h1-14H,(H,25,27)(H,28,29)/b14-7+. The van der Waals surface area contributed by atoms with Crippen LogP contribution in [0.2, 0.25) is 5.02 Å². The van der Waals surface area contributed by atoms with E-state index in [1.807, 2.05) is 0 Å². The Morgan fingerprint density at radius 3 is 2.07 bits per heavy atom. The number of halogens is 1. The number of hydrogen-bond donors (Lipinski definition) is 2. The fourth-order valence-electron chi connectivity index (χ4n) is 2.63. The van der Waals surface area contributed by atoms with Gasteiger partial charge in [0.05, 0.1) is 11.1 Å². The lowest BCUT2D eigenvalue weighted by atomic mass is 10.1. The minimum atomic E-state index is -1.18. The van der Waals surface area contributed by atoms with Crippen molar-refractivity contribution in [2.45, 2.75) is 0 Å². The number of carbonyl (C=O) groups excluding carboxylic acids is 2. The molecule has 3 aromatic carbocycles. The highest BCUT2D eigenvalue weighted by molar-refractivity contribution is 6.30. The highest BCUT2D eigenvalue weighted by atomic mass is 35.5. The summed E-state index contributed by atoms with van der Waals surface area (Å²) >= 11 is 5.83. The molecule has 0 aliphatic carbocycles. The van der Waals surface area contributed by atoms with Gasteiger partial charge in [-0.2, -0.15) is 0 Å². The molecule has 0 aromatic heterocycles. The molecule has 6 heteroatoms. The summed E-state index contributed by atoms with van der Waals surface area (Å²) in [7, 11) is 0. The van der Waals surface area contributed by atoms with Gasteiger partial charge < -0.3 is 10.4 Å². The Bertz CT molecular complexity index is 1090. The first-order valence-corrected chi connectivity index (χ1v) is 9.03. The first kappa shape index (κ1) is 20.0. The molecule has 2 N–H and O–H groups in total. The van der Waals surface area contributed by atoms with Gasteiger partial charge in [-0.05, 0) is 60.2 Å². The number of carboxylic acid groups (broad SMARTS) is 1. The number of allylic oxidation sites excluding steroid dienone is 1. The molecule has 0 heterocycles. The summed E-state index contributed by atoms with van der Waals surface area (Å²) < 4.78 is 0. The summed E-state index contributed by atoms with van der Waals surface area (Å²) in [5, 5.41) is 12.5. The largest absolute Gasteiger partial charge is 0.478 e. The quantitative estimate of drug-likeness (QED) is 0.437. The lowest BCUT2D eigenvalue weighted by molar-refractivity contribution is 0.0692. The van der Waals surface area contributed by atoms with Gasteiger partial charge in [-0.25, -0.2) is 4.79 Å². The first-order valence-electron chi connectivity index (χ1n) is 8.66. The first-order chi connectivity index (χ1) is 13.9. The zero-order valence-electron chi connectivity index (χ0n) is 15.1. The van der Waals surface area contributed by atoms with Crippen LogP contribution in [0.3, 0.4) is 0 Å². The third-order valence-electron chi connectivity index (χ3n) is 4.13. The van der Waals surface area contributed by atoms with Crippen LogP contribution in [-0.2, 0) is 0 Å². The number of carboxylic acids is 1. The summed E-state index contributed by atoms with van der Waals surface area (Å²) in [6.07, 6.45) is 3.15. The van der Waals surface area contributed by atoms with Crippen LogP contribution in [-0.4, -0.2) is 22.8 Å². The number of anilines is 1. The van der Waals surface area contributed by atoms with E-state index >= 15 is 0 Å². The molecule has 3 rings (SSSR count). The Labute approximate surface area is 172 Å². The molecule has 0 aliphatic rings. The number of rotatable bonds is 6. The van der Waals surface area contributed by atoms with Crippen LogP contribution in [0.25, 0.3) is 6.08 Å². The van der Waals surface area contributed by atoms with Crippen molar-refractivity contribution in [2.24, 2.45) is 0 Å². The van der Waals surface area contributed by atoms with E-state index in [0.29, 0.717) is 16.3 Å². The lowest BCUT2D eigenvalue weighted by Crippen LogP contribution is -2.16. The third kappa shape index (κ3) is 5.18. The molecule has 1 amide bonds. The SMILES string of the molecule is O=C(/C=C/c1ccc(Cl)cc1)c1ccc(NC(=O)c2ccccc2C(=O)O)cc1. The summed E-state index contributed by atoms with van der Waals surface area (Å²) in [4.78, 5) is 35.9. The van der Waals surface area contributed by atoms with Gasteiger partial charge in [0.25, 0.3) is 5.91 Å². The molecule has 0 spiro atoms. The smallest absolute Gasteiger partial charge is 0.336 e. The van der Waals surface area contributed by atoms with Crippen LogP contribution in [0.1, 0.15) is 36.6 Å². The van der Waals surface area contributed by atoms with Gasteiger partial charge in [0.15, 0.2) is 5.78 Å². The van der Waals surface area contributed by atoms with E-state index in [0.717, 1.165) is 5.56 Å². The van der Waals surface area contributed by atoms with Crippen LogP contribution in [0, 0.1) is 0 Å². The fourth-order valence-corrected chi connectivity index (χ4v) is 2.75. The maximum atomic E-state index is 12.4. The Hall–Kier alpha value is -3.70. The monoisotopic (exact) mass is 405 g/mol. The second-order valence-electron chi connectivity index (χ2n) is 6.13. The molecule has 29 heavy (non-hydrogen) atoms. The molecule has 0 saturated carbocycles. The average molecular weight is 406 g/mol. The molecule has 0 bridgehead atoms. The number of aromatic carboxylic acids is 1. The van der Waals surface area contributed by atoms with Crippen LogP contribution in [0.5, 0.6) is 0 Å². The molecular formula is C23H16ClNO4. The van der Waals surface area contributed by atoms with Crippen molar-refractivity contribution in [1.29, 1.82) is 0 Å². The second kappa shape index (κ2) is 8.99. The molecule has 0 aliphatic heterocycles. The Kier molecular flexibility index (Phi) is 6.22. The Morgan fingerprint density at radius 2 is 1.45 bits per heavy atom. The van der Waals surface area contributed by atoms with Crippen molar-refractivity contribution in [3.8, 4) is 0 Å². The molecule has 0 atom stereocenters. The van der Waals surface area contributed by atoms with Crippen molar-refractivity contribution >= 4 is 41.0 Å². The van der Waals surface area contributed by atoms with Crippen LogP contribution in [0.15, 0.2) is 78.9 Å². The van der Waals surface area contributed by atoms with E-state index in [4.69, 9.17) is 11.6 Å². The molecule has 5 nitrogen and oxygen atoms in total. The number of carbonyl (C=O) groups is 3. The summed E-state index contributed by atoms with van der Waals surface area (Å²) in [6, 6.07) is 19.4. The highest BCUT2D eigenvalue weighted by Gasteiger charge is 2.15. The molecule has 0 saturated heterocycles. The van der Waals surface area contributed by atoms with E-state index < -0.39 is 11.9 Å². The molecule has 0 fully saturated rings. The second-order valence-corrected chi connectivity index (χ2v) is 6.57. The Balaban J connectivity index is 1.68. The van der Waals surface area contributed by atoms with Gasteiger partial charge in [0.2, 0.25) is 0 Å². The van der Waals surface area contributed by atoms with Gasteiger partial charge in [-0.1, -0.05) is 41.9 Å². The van der Waals surface area contributed by atoms with Gasteiger partial charge >= 0.3 is 5.97 Å². The minimum Gasteiger partial charge on any atom is -0.478 e. The topological polar surface area (TPSA) is 83.5 Å². The van der Waals surface area contributed by atoms with Crippen LogP contribution >= 0.6 is 11.6 Å². The minimum absolute atomic E-state index is 0.0612. The van der Waals surface area contributed by atoms with Crippen molar-refractivity contribution in [3.05, 3.63) is 106 Å². The van der Waals surface area contributed by atoms with Crippen LogP contribution < -0.4 is 5.32 Å². The summed E-state index contributed by atoms with van der Waals surface area (Å²) in [6.45, 7) is 0. The van der Waals surface area contributed by atoms with Gasteiger partial charge in [-0.3, -0.25) is 9.59 Å². The highest BCUT2D eigenvalue weighted by Crippen LogP contribution is 2.16. The maximum Gasteiger partial charge on any atom is 0.336 e. The van der Waals surface area contributed by atoms with Gasteiger partial charge in [0, 0.05) is 16.3 Å². The lowest BCUT2D eigenvalue weighted by Gasteiger charge is -2.08. The number of ketones is 1. The fraction of sp³-hybridized carbons (Fsp3) is 0. The number of hydrogen-bond acceptors (Lipinski definition) is 3. The predicted molar refractivity (Wildman–Crippen MR) is 113 cm³/mol. The number of benzene rings is 3. The zero-order valence-corrected chi connectivity index (χ0v) is 15.9. The van der Waals surface area contributed by atoms with Gasteiger partial charge in [-0.15, -0.1) is 0 Å². The molecule has 0 unspecified atom stereocenters. The predicted octanol–water partition coefficient (Wildman–Crippen LogP) is 5.19. The van der Waals surface area contributed by atoms with E-state index in [9.17, 15) is 19.5 Å². The number of nitrogens with one attached hydrogen (secondary N) is 1. The van der Waals surface area contributed by atoms with E-state index in [1.165, 1.54) is 18.2 Å². The third-order valence-corrected chi connectivity index (χ3v) is 4.38. The van der Waals surface area contributed by atoms with E-state index in [-0.39, 0.29) is 16.9 Å². The summed E-state index contributed by atoms with van der Waals surface area (Å²) in [5.41, 5.74) is 1.74. The van der Waals surface area contributed by atoms with E-state index in [2.05, 4.69) is 5.32 Å². The maximum absolute atomic E-state index is 12.4. The average Bonchev–Trinajstić information content (AvgIpc) is 2.73. The van der Waals surface area contributed by atoms with Gasteiger partial charge in [0.1, 0.15) is 0 Å². The Morgan fingerprint density at radius 1 is 0.828 bits per heavy atom. The van der Waals surface area contributed by atoms with Crippen molar-refractivity contribution in [2.75, 3.05) is 5.32 Å². The molecule has 3 aromatic rings.